The molecule has 1 N–H and O–H groups in total. The Morgan fingerprint density at radius 1 is 1.22 bits per heavy atom. The van der Waals surface area contributed by atoms with E-state index in [2.05, 4.69) is 18.7 Å². The second kappa shape index (κ2) is 6.55. The van der Waals surface area contributed by atoms with Crippen molar-refractivity contribution in [2.45, 2.75) is 77.8 Å². The van der Waals surface area contributed by atoms with Crippen LogP contribution in [0.25, 0.3) is 0 Å². The van der Waals surface area contributed by atoms with Crippen molar-refractivity contribution in [3.05, 3.63) is 0 Å². The van der Waals surface area contributed by atoms with Crippen LogP contribution in [0.1, 0.15) is 66.2 Å². The molecule has 0 aromatic carbocycles. The summed E-state index contributed by atoms with van der Waals surface area (Å²) in [6, 6.07) is 0.453. The monoisotopic (exact) mass is 255 g/mol. The smallest absolute Gasteiger partial charge is 0.323 e. The first-order valence-electron chi connectivity index (χ1n) is 7.43. The Balaban J connectivity index is 2.61. The van der Waals surface area contributed by atoms with Crippen LogP contribution in [0, 0.1) is 5.92 Å². The Hall–Kier alpha value is -0.570. The molecule has 0 aromatic rings. The van der Waals surface area contributed by atoms with Gasteiger partial charge in [-0.15, -0.1) is 0 Å². The lowest BCUT2D eigenvalue weighted by Crippen LogP contribution is -2.55. The first-order valence-corrected chi connectivity index (χ1v) is 7.43. The first kappa shape index (κ1) is 15.5. The number of hydrogen-bond donors (Lipinski definition) is 1. The van der Waals surface area contributed by atoms with Crippen molar-refractivity contribution < 1.29 is 9.90 Å². The van der Waals surface area contributed by atoms with Gasteiger partial charge in [0.05, 0.1) is 0 Å². The van der Waals surface area contributed by atoms with Crippen molar-refractivity contribution in [1.29, 1.82) is 0 Å². The number of carbonyl (C=O) groups is 1. The summed E-state index contributed by atoms with van der Waals surface area (Å²) in [4.78, 5) is 13.6. The van der Waals surface area contributed by atoms with E-state index in [0.717, 1.165) is 25.3 Å². The maximum atomic E-state index is 11.4. The summed E-state index contributed by atoms with van der Waals surface area (Å²) >= 11 is 0. The van der Waals surface area contributed by atoms with E-state index in [1.54, 1.807) is 0 Å². The molecular formula is C15H29NO2. The molecule has 0 saturated heterocycles. The number of rotatable bonds is 6. The SMILES string of the molecule is CCCC1CCC(N(CC)C(C)(C)C(=O)O)CC1. The topological polar surface area (TPSA) is 40.5 Å². The largest absolute Gasteiger partial charge is 0.480 e. The van der Waals surface area contributed by atoms with E-state index < -0.39 is 11.5 Å². The van der Waals surface area contributed by atoms with Crippen molar-refractivity contribution in [1.82, 2.24) is 4.90 Å². The Bertz CT molecular complexity index is 268. The van der Waals surface area contributed by atoms with Crippen molar-refractivity contribution in [2.75, 3.05) is 6.54 Å². The lowest BCUT2D eigenvalue weighted by molar-refractivity contribution is -0.151. The Morgan fingerprint density at radius 2 is 1.78 bits per heavy atom. The molecule has 1 aliphatic rings. The van der Waals surface area contributed by atoms with Gasteiger partial charge in [0.15, 0.2) is 0 Å². The molecular weight excluding hydrogens is 226 g/mol. The highest BCUT2D eigenvalue weighted by Gasteiger charge is 2.38. The molecule has 0 bridgehead atoms. The predicted molar refractivity (Wildman–Crippen MR) is 74.7 cm³/mol. The zero-order valence-corrected chi connectivity index (χ0v) is 12.4. The van der Waals surface area contributed by atoms with Gasteiger partial charge in [-0.05, 0) is 52.0 Å². The van der Waals surface area contributed by atoms with E-state index >= 15 is 0 Å². The molecule has 0 heterocycles. The van der Waals surface area contributed by atoms with Crippen LogP contribution in [-0.2, 0) is 4.79 Å². The van der Waals surface area contributed by atoms with E-state index in [-0.39, 0.29) is 0 Å². The van der Waals surface area contributed by atoms with Crippen LogP contribution in [0.15, 0.2) is 0 Å². The van der Waals surface area contributed by atoms with Gasteiger partial charge < -0.3 is 5.11 Å². The van der Waals surface area contributed by atoms with Crippen LogP contribution in [0.2, 0.25) is 0 Å². The minimum atomic E-state index is -0.739. The van der Waals surface area contributed by atoms with Crippen LogP contribution in [0.4, 0.5) is 0 Å². The minimum absolute atomic E-state index is 0.453. The fourth-order valence-corrected chi connectivity index (χ4v) is 3.39. The summed E-state index contributed by atoms with van der Waals surface area (Å²) in [7, 11) is 0. The second-order valence-electron chi connectivity index (χ2n) is 6.11. The zero-order chi connectivity index (χ0) is 13.8. The zero-order valence-electron chi connectivity index (χ0n) is 12.4. The van der Waals surface area contributed by atoms with Crippen LogP contribution >= 0.6 is 0 Å². The molecule has 1 aliphatic carbocycles. The van der Waals surface area contributed by atoms with Gasteiger partial charge in [-0.25, -0.2) is 0 Å². The lowest BCUT2D eigenvalue weighted by atomic mass is 9.81. The minimum Gasteiger partial charge on any atom is -0.480 e. The van der Waals surface area contributed by atoms with Crippen molar-refractivity contribution in [3.63, 3.8) is 0 Å². The molecule has 0 unspecified atom stereocenters. The van der Waals surface area contributed by atoms with Gasteiger partial charge in [0.1, 0.15) is 5.54 Å². The fraction of sp³-hybridized carbons (Fsp3) is 0.933. The van der Waals surface area contributed by atoms with Crippen molar-refractivity contribution >= 4 is 5.97 Å². The lowest BCUT2D eigenvalue weighted by Gasteiger charge is -2.43. The number of aliphatic carboxylic acids is 1. The normalized spacial score (nSPS) is 25.4. The van der Waals surface area contributed by atoms with E-state index in [9.17, 15) is 9.90 Å². The van der Waals surface area contributed by atoms with Gasteiger partial charge in [0.2, 0.25) is 0 Å². The highest BCUT2D eigenvalue weighted by molar-refractivity contribution is 5.77. The Kier molecular flexibility index (Phi) is 5.64. The number of carboxylic acids is 1. The van der Waals surface area contributed by atoms with Crippen LogP contribution in [-0.4, -0.2) is 34.1 Å². The Morgan fingerprint density at radius 3 is 2.17 bits per heavy atom. The fourth-order valence-electron chi connectivity index (χ4n) is 3.39. The van der Waals surface area contributed by atoms with Gasteiger partial charge in [-0.2, -0.15) is 0 Å². The summed E-state index contributed by atoms with van der Waals surface area (Å²) in [5.41, 5.74) is -0.739. The molecule has 0 radical (unpaired) electrons. The van der Waals surface area contributed by atoms with E-state index in [4.69, 9.17) is 0 Å². The van der Waals surface area contributed by atoms with Crippen LogP contribution in [0.5, 0.6) is 0 Å². The number of nitrogens with zero attached hydrogens (tertiary/aromatic N) is 1. The molecule has 1 rings (SSSR count). The number of carboxylic acid groups (broad SMARTS) is 1. The van der Waals surface area contributed by atoms with Crippen molar-refractivity contribution in [2.24, 2.45) is 5.92 Å². The molecule has 0 atom stereocenters. The van der Waals surface area contributed by atoms with Gasteiger partial charge in [0, 0.05) is 6.04 Å². The summed E-state index contributed by atoms with van der Waals surface area (Å²) in [5.74, 6) is 0.165. The molecule has 0 aliphatic heterocycles. The number of likely N-dealkylation sites (N-methyl/N-ethyl adjacent to an activating group) is 1. The van der Waals surface area contributed by atoms with Gasteiger partial charge in [0.25, 0.3) is 0 Å². The summed E-state index contributed by atoms with van der Waals surface area (Å²) in [5, 5.41) is 9.37. The molecule has 3 nitrogen and oxygen atoms in total. The van der Waals surface area contributed by atoms with Gasteiger partial charge >= 0.3 is 5.97 Å². The van der Waals surface area contributed by atoms with Crippen molar-refractivity contribution in [3.8, 4) is 0 Å². The predicted octanol–water partition coefficient (Wildman–Crippen LogP) is 3.53. The second-order valence-corrected chi connectivity index (χ2v) is 6.11. The third kappa shape index (κ3) is 3.47. The quantitative estimate of drug-likeness (QED) is 0.789. The molecule has 1 fully saturated rings. The summed E-state index contributed by atoms with van der Waals surface area (Å²) in [6.07, 6.45) is 7.47. The van der Waals surface area contributed by atoms with E-state index in [0.29, 0.717) is 6.04 Å². The van der Waals surface area contributed by atoms with Crippen LogP contribution < -0.4 is 0 Å². The molecule has 1 saturated carbocycles. The first-order chi connectivity index (χ1) is 8.43. The maximum Gasteiger partial charge on any atom is 0.323 e. The number of hydrogen-bond acceptors (Lipinski definition) is 2. The van der Waals surface area contributed by atoms with Crippen LogP contribution in [0.3, 0.4) is 0 Å². The Labute approximate surface area is 112 Å². The molecule has 0 spiro atoms. The van der Waals surface area contributed by atoms with E-state index in [1.165, 1.54) is 25.7 Å². The summed E-state index contributed by atoms with van der Waals surface area (Å²) < 4.78 is 0. The summed E-state index contributed by atoms with van der Waals surface area (Å²) in [6.45, 7) is 8.80. The maximum absolute atomic E-state index is 11.4. The molecule has 0 aromatic heterocycles. The molecule has 0 amide bonds. The standard InChI is InChI=1S/C15H29NO2/c1-5-7-12-8-10-13(11-9-12)16(6-2)15(3,4)14(17)18/h12-13H,5-11H2,1-4H3,(H,17,18). The third-order valence-electron chi connectivity index (χ3n) is 4.54. The third-order valence-corrected chi connectivity index (χ3v) is 4.54. The van der Waals surface area contributed by atoms with Gasteiger partial charge in [-0.3, -0.25) is 9.69 Å². The average molecular weight is 255 g/mol. The molecule has 106 valence electrons. The highest BCUT2D eigenvalue weighted by atomic mass is 16.4. The highest BCUT2D eigenvalue weighted by Crippen LogP contribution is 2.33. The average Bonchev–Trinajstić information content (AvgIpc) is 2.32. The van der Waals surface area contributed by atoms with E-state index in [1.807, 2.05) is 13.8 Å². The van der Waals surface area contributed by atoms with Gasteiger partial charge in [-0.1, -0.05) is 26.7 Å². The molecule has 18 heavy (non-hydrogen) atoms. The molecule has 3 heteroatoms.